The van der Waals surface area contributed by atoms with E-state index in [2.05, 4.69) is 5.32 Å². The standard InChI is InChI=1S/C10H10ClNO2.ClH/c11-9-8-2-1-7(10(13)14)5-6(8)3-4-12-9;/h1-2,5,9,12H,3-4H2,(H,13,14);1H. The summed E-state index contributed by atoms with van der Waals surface area (Å²) >= 11 is 6.02. The first-order valence-electron chi connectivity index (χ1n) is 4.42. The van der Waals surface area contributed by atoms with Gasteiger partial charge in [-0.05, 0) is 29.7 Å². The molecule has 0 aromatic heterocycles. The summed E-state index contributed by atoms with van der Waals surface area (Å²) in [5, 5.41) is 11.9. The van der Waals surface area contributed by atoms with Crippen LogP contribution >= 0.6 is 24.0 Å². The Morgan fingerprint density at radius 1 is 1.53 bits per heavy atom. The molecular weight excluding hydrogens is 237 g/mol. The van der Waals surface area contributed by atoms with E-state index in [4.69, 9.17) is 16.7 Å². The van der Waals surface area contributed by atoms with Gasteiger partial charge in [-0.1, -0.05) is 6.07 Å². The number of aromatic carboxylic acids is 1. The van der Waals surface area contributed by atoms with Crippen molar-refractivity contribution in [3.63, 3.8) is 0 Å². The second-order valence-corrected chi connectivity index (χ2v) is 3.72. The number of hydrogen-bond donors (Lipinski definition) is 2. The van der Waals surface area contributed by atoms with E-state index in [-0.39, 0.29) is 17.9 Å². The molecule has 82 valence electrons. The molecule has 0 saturated carbocycles. The predicted octanol–water partition coefficient (Wildman–Crippen LogP) is 2.19. The molecule has 0 bridgehead atoms. The van der Waals surface area contributed by atoms with Crippen LogP contribution in [0.4, 0.5) is 0 Å². The third-order valence-electron chi connectivity index (χ3n) is 2.38. The zero-order chi connectivity index (χ0) is 10.1. The second-order valence-electron chi connectivity index (χ2n) is 3.29. The normalized spacial score (nSPS) is 18.9. The van der Waals surface area contributed by atoms with Crippen LogP contribution in [0.2, 0.25) is 0 Å². The van der Waals surface area contributed by atoms with Crippen molar-refractivity contribution < 1.29 is 9.90 Å². The lowest BCUT2D eigenvalue weighted by Crippen LogP contribution is -2.26. The molecule has 0 amide bonds. The van der Waals surface area contributed by atoms with Gasteiger partial charge in [0.2, 0.25) is 0 Å². The summed E-state index contributed by atoms with van der Waals surface area (Å²) in [5.41, 5.74) is 2.16. The van der Waals surface area contributed by atoms with Crippen molar-refractivity contribution in [2.24, 2.45) is 0 Å². The first-order valence-corrected chi connectivity index (χ1v) is 4.85. The lowest BCUT2D eigenvalue weighted by Gasteiger charge is -2.22. The summed E-state index contributed by atoms with van der Waals surface area (Å²) < 4.78 is 0. The summed E-state index contributed by atoms with van der Waals surface area (Å²) in [6, 6.07) is 5.07. The van der Waals surface area contributed by atoms with Crippen molar-refractivity contribution in [2.45, 2.75) is 11.9 Å². The number of carbonyl (C=O) groups is 1. The molecule has 1 heterocycles. The Hall–Kier alpha value is -0.770. The van der Waals surface area contributed by atoms with Crippen molar-refractivity contribution in [2.75, 3.05) is 6.54 Å². The van der Waals surface area contributed by atoms with Gasteiger partial charge in [0.25, 0.3) is 0 Å². The molecule has 1 aromatic rings. The van der Waals surface area contributed by atoms with Crippen molar-refractivity contribution in [1.82, 2.24) is 5.32 Å². The van der Waals surface area contributed by atoms with E-state index in [1.54, 1.807) is 18.2 Å². The fourth-order valence-corrected chi connectivity index (χ4v) is 1.97. The Balaban J connectivity index is 0.00000112. The van der Waals surface area contributed by atoms with Gasteiger partial charge in [0.15, 0.2) is 0 Å². The van der Waals surface area contributed by atoms with Crippen LogP contribution in [-0.2, 0) is 6.42 Å². The van der Waals surface area contributed by atoms with E-state index in [0.717, 1.165) is 24.1 Å². The molecule has 1 aliphatic heterocycles. The van der Waals surface area contributed by atoms with Gasteiger partial charge in [-0.2, -0.15) is 0 Å². The molecule has 15 heavy (non-hydrogen) atoms. The number of rotatable bonds is 1. The highest BCUT2D eigenvalue weighted by molar-refractivity contribution is 6.20. The molecule has 5 heteroatoms. The minimum atomic E-state index is -0.891. The molecular formula is C10H11Cl2NO2. The monoisotopic (exact) mass is 247 g/mol. The Morgan fingerprint density at radius 3 is 2.93 bits per heavy atom. The second kappa shape index (κ2) is 4.84. The molecule has 1 unspecified atom stereocenters. The van der Waals surface area contributed by atoms with Gasteiger partial charge in [0, 0.05) is 6.54 Å². The van der Waals surface area contributed by atoms with Crippen LogP contribution in [0.25, 0.3) is 0 Å². The summed E-state index contributed by atoms with van der Waals surface area (Å²) in [5.74, 6) is -0.891. The Kier molecular flexibility index (Phi) is 3.97. The maximum absolute atomic E-state index is 10.7. The lowest BCUT2D eigenvalue weighted by molar-refractivity contribution is 0.0696. The minimum absolute atomic E-state index is 0. The number of fused-ring (bicyclic) bond motifs is 1. The molecule has 0 aliphatic carbocycles. The van der Waals surface area contributed by atoms with E-state index < -0.39 is 5.97 Å². The van der Waals surface area contributed by atoms with Gasteiger partial charge in [0.05, 0.1) is 5.56 Å². The minimum Gasteiger partial charge on any atom is -0.478 e. The van der Waals surface area contributed by atoms with Gasteiger partial charge >= 0.3 is 5.97 Å². The molecule has 1 aliphatic rings. The SMILES string of the molecule is Cl.O=C(O)c1ccc2c(c1)CCNC2Cl. The molecule has 0 spiro atoms. The van der Waals surface area contributed by atoms with Crippen molar-refractivity contribution in [3.05, 3.63) is 34.9 Å². The molecule has 1 atom stereocenters. The number of benzene rings is 1. The van der Waals surface area contributed by atoms with Crippen LogP contribution < -0.4 is 5.32 Å². The number of nitrogens with one attached hydrogen (secondary N) is 1. The molecule has 2 rings (SSSR count). The van der Waals surface area contributed by atoms with Crippen LogP contribution in [-0.4, -0.2) is 17.6 Å². The topological polar surface area (TPSA) is 49.3 Å². The van der Waals surface area contributed by atoms with Crippen LogP contribution in [0.3, 0.4) is 0 Å². The number of alkyl halides is 1. The lowest BCUT2D eigenvalue weighted by atomic mass is 9.98. The molecule has 0 radical (unpaired) electrons. The molecule has 3 nitrogen and oxygen atoms in total. The van der Waals surface area contributed by atoms with Crippen molar-refractivity contribution in [1.29, 1.82) is 0 Å². The largest absolute Gasteiger partial charge is 0.478 e. The summed E-state index contributed by atoms with van der Waals surface area (Å²) in [7, 11) is 0. The highest BCUT2D eigenvalue weighted by atomic mass is 35.5. The quantitative estimate of drug-likeness (QED) is 0.591. The maximum atomic E-state index is 10.7. The summed E-state index contributed by atoms with van der Waals surface area (Å²) in [6.45, 7) is 0.796. The summed E-state index contributed by atoms with van der Waals surface area (Å²) in [4.78, 5) is 10.7. The van der Waals surface area contributed by atoms with E-state index in [0.29, 0.717) is 5.56 Å². The number of hydrogen-bond acceptors (Lipinski definition) is 2. The van der Waals surface area contributed by atoms with Crippen LogP contribution in [0.5, 0.6) is 0 Å². The predicted molar refractivity (Wildman–Crippen MR) is 61.0 cm³/mol. The fourth-order valence-electron chi connectivity index (χ4n) is 1.65. The van der Waals surface area contributed by atoms with Gasteiger partial charge in [-0.25, -0.2) is 4.79 Å². The summed E-state index contributed by atoms with van der Waals surface area (Å²) in [6.07, 6.45) is 0.833. The van der Waals surface area contributed by atoms with E-state index in [9.17, 15) is 4.79 Å². The molecule has 1 aromatic carbocycles. The van der Waals surface area contributed by atoms with Crippen LogP contribution in [0.1, 0.15) is 27.0 Å². The van der Waals surface area contributed by atoms with E-state index >= 15 is 0 Å². The number of halogens is 2. The zero-order valence-corrected chi connectivity index (χ0v) is 9.44. The van der Waals surface area contributed by atoms with Crippen molar-refractivity contribution >= 4 is 30.0 Å². The number of carboxylic acid groups (broad SMARTS) is 1. The first-order chi connectivity index (χ1) is 6.68. The average Bonchev–Trinajstić information content (AvgIpc) is 2.17. The van der Waals surface area contributed by atoms with Crippen LogP contribution in [0, 0.1) is 0 Å². The third-order valence-corrected chi connectivity index (χ3v) is 2.77. The van der Waals surface area contributed by atoms with Gasteiger partial charge < -0.3 is 5.11 Å². The Labute approximate surface area is 98.8 Å². The van der Waals surface area contributed by atoms with E-state index in [1.165, 1.54) is 0 Å². The zero-order valence-electron chi connectivity index (χ0n) is 7.87. The first kappa shape index (κ1) is 12.3. The molecule has 2 N–H and O–H groups in total. The van der Waals surface area contributed by atoms with Crippen molar-refractivity contribution in [3.8, 4) is 0 Å². The highest BCUT2D eigenvalue weighted by Crippen LogP contribution is 2.26. The fraction of sp³-hybridized carbons (Fsp3) is 0.300. The Bertz CT molecular complexity index is 382. The van der Waals surface area contributed by atoms with Gasteiger partial charge in [-0.3, -0.25) is 5.32 Å². The smallest absolute Gasteiger partial charge is 0.335 e. The van der Waals surface area contributed by atoms with Gasteiger partial charge in [-0.15, -0.1) is 24.0 Å². The third kappa shape index (κ3) is 2.43. The van der Waals surface area contributed by atoms with E-state index in [1.807, 2.05) is 0 Å². The maximum Gasteiger partial charge on any atom is 0.335 e. The van der Waals surface area contributed by atoms with Crippen LogP contribution in [0.15, 0.2) is 18.2 Å². The Morgan fingerprint density at radius 2 is 2.27 bits per heavy atom. The molecule has 0 saturated heterocycles. The average molecular weight is 248 g/mol. The van der Waals surface area contributed by atoms with Gasteiger partial charge in [0.1, 0.15) is 5.50 Å². The highest BCUT2D eigenvalue weighted by Gasteiger charge is 2.18. The molecule has 0 fully saturated rings. The number of carboxylic acids is 1.